The fourth-order valence-electron chi connectivity index (χ4n) is 3.79. The summed E-state index contributed by atoms with van der Waals surface area (Å²) >= 11 is 0. The fraction of sp³-hybridized carbons (Fsp3) is 0.333. The highest BCUT2D eigenvalue weighted by Crippen LogP contribution is 2.27. The number of ether oxygens (including phenoxy) is 2. The predicted molar refractivity (Wildman–Crippen MR) is 115 cm³/mol. The first-order valence-corrected chi connectivity index (χ1v) is 10.5. The predicted octanol–water partition coefficient (Wildman–Crippen LogP) is 4.84. The van der Waals surface area contributed by atoms with Crippen LogP contribution in [0.4, 0.5) is 0 Å². The molecule has 0 saturated carbocycles. The van der Waals surface area contributed by atoms with Crippen LogP contribution < -0.4 is 9.47 Å². The van der Waals surface area contributed by atoms with Crippen LogP contribution in [0.2, 0.25) is 0 Å². The molecule has 1 aliphatic heterocycles. The van der Waals surface area contributed by atoms with Gasteiger partial charge in [-0.05, 0) is 80.9 Å². The van der Waals surface area contributed by atoms with Crippen LogP contribution in [0.3, 0.4) is 0 Å². The molecule has 2 aromatic carbocycles. The van der Waals surface area contributed by atoms with Gasteiger partial charge in [0.15, 0.2) is 12.2 Å². The largest absolute Gasteiger partial charge is 0.492 e. The van der Waals surface area contributed by atoms with E-state index in [0.717, 1.165) is 54.5 Å². The maximum Gasteiger partial charge on any atom is 0.303 e. The van der Waals surface area contributed by atoms with Crippen molar-refractivity contribution in [1.29, 1.82) is 0 Å². The molecule has 162 valence electrons. The van der Waals surface area contributed by atoms with E-state index < -0.39 is 5.97 Å². The van der Waals surface area contributed by atoms with E-state index >= 15 is 0 Å². The Labute approximate surface area is 181 Å². The number of aliphatic carboxylic acids is 1. The summed E-state index contributed by atoms with van der Waals surface area (Å²) in [5.74, 6) is 2.25. The fourth-order valence-corrected chi connectivity index (χ4v) is 3.79. The van der Waals surface area contributed by atoms with Crippen LogP contribution >= 0.6 is 0 Å². The van der Waals surface area contributed by atoms with Gasteiger partial charge in [-0.15, -0.1) is 0 Å². The molecule has 0 spiro atoms. The number of nitrogens with zero attached hydrogens (tertiary/aromatic N) is 2. The highest BCUT2D eigenvalue weighted by molar-refractivity contribution is 5.66. The van der Waals surface area contributed by atoms with Crippen LogP contribution in [0.25, 0.3) is 11.3 Å². The third-order valence-corrected chi connectivity index (χ3v) is 5.41. The van der Waals surface area contributed by atoms with E-state index in [2.05, 4.69) is 9.88 Å². The third-order valence-electron chi connectivity index (χ3n) is 5.41. The summed E-state index contributed by atoms with van der Waals surface area (Å²) in [6.07, 6.45) is 6.19. The average molecular weight is 422 g/mol. The minimum absolute atomic E-state index is 0.217. The number of hydrogen-bond donors (Lipinski definition) is 1. The number of carboxylic acids is 1. The third kappa shape index (κ3) is 5.86. The molecule has 31 heavy (non-hydrogen) atoms. The van der Waals surface area contributed by atoms with Crippen molar-refractivity contribution < 1.29 is 23.8 Å². The SMILES string of the molecule is O=C(O)CCCN1CCCC1COc1ccc(Oc2ccc(-c3cnco3)cc2)cc1. The van der Waals surface area contributed by atoms with E-state index in [1.54, 1.807) is 6.20 Å². The Morgan fingerprint density at radius 1 is 1.10 bits per heavy atom. The Hall–Kier alpha value is -3.32. The maximum atomic E-state index is 10.7. The van der Waals surface area contributed by atoms with Crippen molar-refractivity contribution in [2.45, 2.75) is 31.7 Å². The van der Waals surface area contributed by atoms with E-state index in [1.165, 1.54) is 6.39 Å². The molecule has 7 heteroatoms. The van der Waals surface area contributed by atoms with Crippen LogP contribution in [0, 0.1) is 0 Å². The molecule has 1 unspecified atom stereocenters. The number of oxazole rings is 1. The van der Waals surface area contributed by atoms with E-state index in [0.29, 0.717) is 19.1 Å². The molecule has 7 nitrogen and oxygen atoms in total. The molecule has 3 aromatic rings. The summed E-state index contributed by atoms with van der Waals surface area (Å²) in [6, 6.07) is 15.6. The van der Waals surface area contributed by atoms with Crippen LogP contribution in [0.15, 0.2) is 65.5 Å². The van der Waals surface area contributed by atoms with E-state index in [4.69, 9.17) is 19.0 Å². The normalized spacial score (nSPS) is 16.3. The summed E-state index contributed by atoms with van der Waals surface area (Å²) in [5.41, 5.74) is 0.942. The number of benzene rings is 2. The van der Waals surface area contributed by atoms with Crippen molar-refractivity contribution in [3.8, 4) is 28.6 Å². The standard InChI is InChI=1S/C24H26N2O5/c27-24(28)4-2-14-26-13-1-3-19(26)16-29-20-9-11-22(12-10-20)31-21-7-5-18(6-8-21)23-15-25-17-30-23/h5-12,15,17,19H,1-4,13-14,16H2,(H,27,28). The molecule has 0 bridgehead atoms. The van der Waals surface area contributed by atoms with Gasteiger partial charge in [0, 0.05) is 18.0 Å². The maximum absolute atomic E-state index is 10.7. The number of carboxylic acid groups (broad SMARTS) is 1. The molecule has 1 fully saturated rings. The number of rotatable bonds is 10. The Bertz CT molecular complexity index is 955. The molecular weight excluding hydrogens is 396 g/mol. The molecule has 1 atom stereocenters. The second kappa shape index (κ2) is 10.1. The summed E-state index contributed by atoms with van der Waals surface area (Å²) in [4.78, 5) is 17.0. The lowest BCUT2D eigenvalue weighted by molar-refractivity contribution is -0.137. The molecular formula is C24H26N2O5. The van der Waals surface area contributed by atoms with Crippen molar-refractivity contribution in [2.24, 2.45) is 0 Å². The molecule has 1 N–H and O–H groups in total. The highest BCUT2D eigenvalue weighted by Gasteiger charge is 2.24. The topological polar surface area (TPSA) is 85.0 Å². The van der Waals surface area contributed by atoms with Crippen molar-refractivity contribution in [3.05, 3.63) is 61.1 Å². The van der Waals surface area contributed by atoms with Gasteiger partial charge in [-0.25, -0.2) is 4.98 Å². The van der Waals surface area contributed by atoms with Crippen LogP contribution in [-0.2, 0) is 4.79 Å². The number of hydrogen-bond acceptors (Lipinski definition) is 6. The number of likely N-dealkylation sites (tertiary alicyclic amines) is 1. The first kappa shape index (κ1) is 20.9. The molecule has 2 heterocycles. The van der Waals surface area contributed by atoms with Gasteiger partial charge in [-0.3, -0.25) is 9.69 Å². The number of carbonyl (C=O) groups is 1. The second-order valence-corrected chi connectivity index (χ2v) is 7.60. The molecule has 0 radical (unpaired) electrons. The van der Waals surface area contributed by atoms with E-state index in [-0.39, 0.29) is 6.42 Å². The summed E-state index contributed by atoms with van der Waals surface area (Å²) in [7, 11) is 0. The number of aromatic nitrogens is 1. The Balaban J connectivity index is 1.26. The molecule has 0 amide bonds. The van der Waals surface area contributed by atoms with Gasteiger partial charge in [0.2, 0.25) is 0 Å². The lowest BCUT2D eigenvalue weighted by Gasteiger charge is -2.24. The van der Waals surface area contributed by atoms with Gasteiger partial charge >= 0.3 is 5.97 Å². The molecule has 1 saturated heterocycles. The Kier molecular flexibility index (Phi) is 6.84. The van der Waals surface area contributed by atoms with Gasteiger partial charge in [-0.1, -0.05) is 0 Å². The van der Waals surface area contributed by atoms with Gasteiger partial charge in [0.05, 0.1) is 6.20 Å². The van der Waals surface area contributed by atoms with Crippen molar-refractivity contribution >= 4 is 5.97 Å². The van der Waals surface area contributed by atoms with Crippen LogP contribution in [0.5, 0.6) is 17.2 Å². The quantitative estimate of drug-likeness (QED) is 0.500. The van der Waals surface area contributed by atoms with Crippen molar-refractivity contribution in [3.63, 3.8) is 0 Å². The van der Waals surface area contributed by atoms with Gasteiger partial charge in [-0.2, -0.15) is 0 Å². The van der Waals surface area contributed by atoms with Crippen molar-refractivity contribution in [2.75, 3.05) is 19.7 Å². The lowest BCUT2D eigenvalue weighted by atomic mass is 10.2. The van der Waals surface area contributed by atoms with Crippen LogP contribution in [-0.4, -0.2) is 46.7 Å². The van der Waals surface area contributed by atoms with Gasteiger partial charge in [0.1, 0.15) is 23.9 Å². The zero-order valence-corrected chi connectivity index (χ0v) is 17.3. The first-order valence-electron chi connectivity index (χ1n) is 10.5. The Morgan fingerprint density at radius 2 is 1.81 bits per heavy atom. The monoisotopic (exact) mass is 422 g/mol. The zero-order valence-electron chi connectivity index (χ0n) is 17.3. The molecule has 0 aliphatic carbocycles. The first-order chi connectivity index (χ1) is 15.2. The molecule has 1 aromatic heterocycles. The minimum atomic E-state index is -0.736. The lowest BCUT2D eigenvalue weighted by Crippen LogP contribution is -2.35. The molecule has 1 aliphatic rings. The summed E-state index contributed by atoms with van der Waals surface area (Å²) in [5, 5.41) is 8.81. The summed E-state index contributed by atoms with van der Waals surface area (Å²) in [6.45, 7) is 2.42. The molecule has 4 rings (SSSR count). The smallest absolute Gasteiger partial charge is 0.303 e. The summed E-state index contributed by atoms with van der Waals surface area (Å²) < 4.78 is 17.2. The van der Waals surface area contributed by atoms with Gasteiger partial charge < -0.3 is 19.0 Å². The second-order valence-electron chi connectivity index (χ2n) is 7.60. The van der Waals surface area contributed by atoms with E-state index in [9.17, 15) is 4.79 Å². The zero-order chi connectivity index (χ0) is 21.5. The Morgan fingerprint density at radius 3 is 2.48 bits per heavy atom. The minimum Gasteiger partial charge on any atom is -0.492 e. The van der Waals surface area contributed by atoms with Crippen LogP contribution in [0.1, 0.15) is 25.7 Å². The highest BCUT2D eigenvalue weighted by atomic mass is 16.5. The average Bonchev–Trinajstić information content (AvgIpc) is 3.46. The van der Waals surface area contributed by atoms with E-state index in [1.807, 2.05) is 48.5 Å². The van der Waals surface area contributed by atoms with Crippen molar-refractivity contribution in [1.82, 2.24) is 9.88 Å². The van der Waals surface area contributed by atoms with Gasteiger partial charge in [0.25, 0.3) is 0 Å².